The lowest BCUT2D eigenvalue weighted by atomic mass is 10.1. The molecule has 0 bridgehead atoms. The molecule has 4 nitrogen and oxygen atoms in total. The number of hydrogen-bond donors (Lipinski definition) is 0. The van der Waals surface area contributed by atoms with Crippen molar-refractivity contribution in [3.63, 3.8) is 0 Å². The summed E-state index contributed by atoms with van der Waals surface area (Å²) in [5.74, 6) is 0.255. The van der Waals surface area contributed by atoms with Gasteiger partial charge in [0.1, 0.15) is 0 Å². The molecule has 3 rings (SSSR count). The Bertz CT molecular complexity index is 646. The van der Waals surface area contributed by atoms with Crippen LogP contribution in [0.25, 0.3) is 0 Å². The third-order valence-corrected chi connectivity index (χ3v) is 6.17. The molecule has 1 aliphatic heterocycles. The highest BCUT2D eigenvalue weighted by atomic mass is 79.9. The predicted octanol–water partition coefficient (Wildman–Crippen LogP) is 3.50. The molecular formula is C17H20BrN3OS. The van der Waals surface area contributed by atoms with E-state index in [4.69, 9.17) is 0 Å². The van der Waals surface area contributed by atoms with Gasteiger partial charge in [-0.3, -0.25) is 4.79 Å². The van der Waals surface area contributed by atoms with Crippen molar-refractivity contribution >= 4 is 38.3 Å². The first-order valence-corrected chi connectivity index (χ1v) is 9.44. The molecule has 0 radical (unpaired) electrons. The Morgan fingerprint density at radius 1 is 1.22 bits per heavy atom. The molecule has 1 aliphatic rings. The number of amides is 1. The van der Waals surface area contributed by atoms with Crippen LogP contribution in [-0.4, -0.2) is 42.0 Å². The molecule has 1 fully saturated rings. The minimum Gasteiger partial charge on any atom is -0.345 e. The zero-order valence-corrected chi connectivity index (χ0v) is 15.6. The molecule has 1 saturated heterocycles. The van der Waals surface area contributed by atoms with Gasteiger partial charge < -0.3 is 9.80 Å². The van der Waals surface area contributed by atoms with Gasteiger partial charge in [-0.25, -0.2) is 4.98 Å². The van der Waals surface area contributed by atoms with Crippen LogP contribution in [-0.2, 0) is 11.2 Å². The van der Waals surface area contributed by atoms with E-state index in [2.05, 4.69) is 37.9 Å². The zero-order valence-electron chi connectivity index (χ0n) is 13.2. The van der Waals surface area contributed by atoms with Crippen molar-refractivity contribution in [3.05, 3.63) is 45.4 Å². The molecule has 0 unspecified atom stereocenters. The van der Waals surface area contributed by atoms with Gasteiger partial charge in [-0.2, -0.15) is 0 Å². The Hall–Kier alpha value is -1.40. The summed E-state index contributed by atoms with van der Waals surface area (Å²) in [6.45, 7) is 5.29. The van der Waals surface area contributed by atoms with E-state index in [1.54, 1.807) is 11.3 Å². The number of aromatic nitrogens is 1. The highest BCUT2D eigenvalue weighted by Crippen LogP contribution is 2.30. The fourth-order valence-electron chi connectivity index (χ4n) is 2.70. The van der Waals surface area contributed by atoms with Gasteiger partial charge in [0.05, 0.1) is 9.48 Å². The lowest BCUT2D eigenvalue weighted by Gasteiger charge is -2.34. The average molecular weight is 394 g/mol. The van der Waals surface area contributed by atoms with Gasteiger partial charge in [-0.05, 0) is 34.8 Å². The van der Waals surface area contributed by atoms with Crippen molar-refractivity contribution in [1.82, 2.24) is 9.88 Å². The van der Waals surface area contributed by atoms with Crippen LogP contribution in [0.3, 0.4) is 0 Å². The van der Waals surface area contributed by atoms with Crippen molar-refractivity contribution in [1.29, 1.82) is 0 Å². The Balaban J connectivity index is 1.49. The number of hydrogen-bond acceptors (Lipinski definition) is 4. The van der Waals surface area contributed by atoms with Gasteiger partial charge in [0.25, 0.3) is 0 Å². The molecule has 6 heteroatoms. The maximum Gasteiger partial charge on any atom is 0.223 e. The first-order valence-electron chi connectivity index (χ1n) is 7.83. The summed E-state index contributed by atoms with van der Waals surface area (Å²) in [6, 6.07) is 10.2. The summed E-state index contributed by atoms with van der Waals surface area (Å²) in [5.41, 5.74) is 2.26. The Kier molecular flexibility index (Phi) is 5.33. The third-order valence-electron chi connectivity index (χ3n) is 4.10. The number of rotatable bonds is 4. The standard InChI is InChI=1S/C17H20BrN3OS/c1-13-16(18)23-17(19-13)21-11-9-20(10-12-21)15(22)8-7-14-5-3-2-4-6-14/h2-6H,7-12H2,1H3. The van der Waals surface area contributed by atoms with Gasteiger partial charge in [0.15, 0.2) is 5.13 Å². The summed E-state index contributed by atoms with van der Waals surface area (Å²) in [4.78, 5) is 21.2. The number of carbonyl (C=O) groups is 1. The third kappa shape index (κ3) is 4.12. The largest absolute Gasteiger partial charge is 0.345 e. The number of benzene rings is 1. The lowest BCUT2D eigenvalue weighted by Crippen LogP contribution is -2.48. The van der Waals surface area contributed by atoms with Crippen LogP contribution >= 0.6 is 27.3 Å². The maximum absolute atomic E-state index is 12.4. The Labute approximate surface area is 149 Å². The van der Waals surface area contributed by atoms with E-state index in [1.165, 1.54) is 5.56 Å². The van der Waals surface area contributed by atoms with E-state index in [-0.39, 0.29) is 5.91 Å². The maximum atomic E-state index is 12.4. The van der Waals surface area contributed by atoms with Crippen molar-refractivity contribution in [2.24, 2.45) is 0 Å². The van der Waals surface area contributed by atoms with E-state index in [9.17, 15) is 4.79 Å². The van der Waals surface area contributed by atoms with E-state index in [0.717, 1.165) is 47.2 Å². The summed E-state index contributed by atoms with van der Waals surface area (Å²) < 4.78 is 1.09. The molecule has 2 aromatic rings. The van der Waals surface area contributed by atoms with E-state index < -0.39 is 0 Å². The number of halogens is 1. The average Bonchev–Trinajstić information content (AvgIpc) is 2.93. The monoisotopic (exact) mass is 393 g/mol. The number of thiazole rings is 1. The van der Waals surface area contributed by atoms with E-state index in [1.807, 2.05) is 30.0 Å². The van der Waals surface area contributed by atoms with Gasteiger partial charge in [-0.15, -0.1) is 0 Å². The molecule has 1 amide bonds. The molecule has 23 heavy (non-hydrogen) atoms. The normalized spacial score (nSPS) is 15.0. The van der Waals surface area contributed by atoms with Gasteiger partial charge in [0, 0.05) is 32.6 Å². The van der Waals surface area contributed by atoms with Crippen LogP contribution in [0.1, 0.15) is 17.7 Å². The van der Waals surface area contributed by atoms with Gasteiger partial charge in [-0.1, -0.05) is 41.7 Å². The molecule has 0 N–H and O–H groups in total. The van der Waals surface area contributed by atoms with Crippen LogP contribution in [0.5, 0.6) is 0 Å². The molecular weight excluding hydrogens is 374 g/mol. The number of aryl methyl sites for hydroxylation is 2. The SMILES string of the molecule is Cc1nc(N2CCN(C(=O)CCc3ccccc3)CC2)sc1Br. The van der Waals surface area contributed by atoms with E-state index >= 15 is 0 Å². The second-order valence-electron chi connectivity index (χ2n) is 5.71. The summed E-state index contributed by atoms with van der Waals surface area (Å²) in [6.07, 6.45) is 1.41. The minimum absolute atomic E-state index is 0.255. The summed E-state index contributed by atoms with van der Waals surface area (Å²) in [7, 11) is 0. The number of piperazine rings is 1. The first-order chi connectivity index (χ1) is 11.1. The van der Waals surface area contributed by atoms with Crippen LogP contribution in [0.15, 0.2) is 34.1 Å². The second kappa shape index (κ2) is 7.45. The molecule has 1 aromatic heterocycles. The fourth-order valence-corrected chi connectivity index (χ4v) is 4.07. The smallest absolute Gasteiger partial charge is 0.223 e. The molecule has 1 aromatic carbocycles. The molecule has 122 valence electrons. The van der Waals surface area contributed by atoms with Crippen molar-refractivity contribution in [2.75, 3.05) is 31.1 Å². The highest BCUT2D eigenvalue weighted by Gasteiger charge is 2.23. The highest BCUT2D eigenvalue weighted by molar-refractivity contribution is 9.11. The van der Waals surface area contributed by atoms with Gasteiger partial charge in [0.2, 0.25) is 5.91 Å². The van der Waals surface area contributed by atoms with Crippen molar-refractivity contribution < 1.29 is 4.79 Å². The molecule has 0 spiro atoms. The molecule has 0 atom stereocenters. The quantitative estimate of drug-likeness (QED) is 0.797. The Morgan fingerprint density at radius 3 is 2.52 bits per heavy atom. The topological polar surface area (TPSA) is 36.4 Å². The minimum atomic E-state index is 0.255. The molecule has 2 heterocycles. The second-order valence-corrected chi connectivity index (χ2v) is 8.00. The van der Waals surface area contributed by atoms with E-state index in [0.29, 0.717) is 6.42 Å². The number of nitrogens with zero attached hydrogens (tertiary/aromatic N) is 3. The number of anilines is 1. The van der Waals surface area contributed by atoms with Gasteiger partial charge >= 0.3 is 0 Å². The number of carbonyl (C=O) groups excluding carboxylic acids is 1. The lowest BCUT2D eigenvalue weighted by molar-refractivity contribution is -0.131. The van der Waals surface area contributed by atoms with Crippen LogP contribution in [0.2, 0.25) is 0 Å². The fraction of sp³-hybridized carbons (Fsp3) is 0.412. The zero-order chi connectivity index (χ0) is 16.2. The Morgan fingerprint density at radius 2 is 1.91 bits per heavy atom. The van der Waals surface area contributed by atoms with Crippen LogP contribution < -0.4 is 4.90 Å². The molecule has 0 aliphatic carbocycles. The summed E-state index contributed by atoms with van der Waals surface area (Å²) >= 11 is 5.19. The predicted molar refractivity (Wildman–Crippen MR) is 98.1 cm³/mol. The van der Waals surface area contributed by atoms with Crippen LogP contribution in [0.4, 0.5) is 5.13 Å². The van der Waals surface area contributed by atoms with Crippen molar-refractivity contribution in [3.8, 4) is 0 Å². The first kappa shape index (κ1) is 16.5. The van der Waals surface area contributed by atoms with Crippen LogP contribution in [0, 0.1) is 6.92 Å². The van der Waals surface area contributed by atoms with Crippen molar-refractivity contribution in [2.45, 2.75) is 19.8 Å². The molecule has 0 saturated carbocycles. The summed E-state index contributed by atoms with van der Waals surface area (Å²) in [5, 5.41) is 1.05.